The van der Waals surface area contributed by atoms with Crippen molar-refractivity contribution in [2.45, 2.75) is 64.0 Å². The van der Waals surface area contributed by atoms with E-state index in [-0.39, 0.29) is 6.04 Å². The summed E-state index contributed by atoms with van der Waals surface area (Å²) in [6, 6.07) is 0.846. The van der Waals surface area contributed by atoms with E-state index in [4.69, 9.17) is 5.73 Å². The number of anilines is 1. The van der Waals surface area contributed by atoms with E-state index in [2.05, 4.69) is 14.9 Å². The van der Waals surface area contributed by atoms with Crippen molar-refractivity contribution in [3.63, 3.8) is 0 Å². The van der Waals surface area contributed by atoms with Crippen molar-refractivity contribution in [2.24, 2.45) is 11.7 Å². The predicted molar refractivity (Wildman–Crippen MR) is 81.7 cm³/mol. The molecule has 1 aliphatic heterocycles. The fourth-order valence-corrected chi connectivity index (χ4v) is 3.85. The molecule has 110 valence electrons. The molecule has 4 nitrogen and oxygen atoms in total. The van der Waals surface area contributed by atoms with Gasteiger partial charge in [0.15, 0.2) is 0 Å². The first-order valence-electron chi connectivity index (χ1n) is 8.07. The molecule has 1 aromatic heterocycles. The van der Waals surface area contributed by atoms with Crippen LogP contribution in [-0.2, 0) is 6.42 Å². The average molecular weight is 274 g/mol. The molecular formula is C16H26N4. The maximum atomic E-state index is 5.83. The van der Waals surface area contributed by atoms with Crippen molar-refractivity contribution < 1.29 is 0 Å². The summed E-state index contributed by atoms with van der Waals surface area (Å²) < 4.78 is 0. The number of nitrogens with two attached hydrogens (primary N) is 1. The fraction of sp³-hybridized carbons (Fsp3) is 0.750. The topological polar surface area (TPSA) is 55.0 Å². The summed E-state index contributed by atoms with van der Waals surface area (Å²) in [6.45, 7) is 3.14. The Labute approximate surface area is 121 Å². The van der Waals surface area contributed by atoms with E-state index < -0.39 is 0 Å². The van der Waals surface area contributed by atoms with E-state index in [0.29, 0.717) is 6.04 Å². The number of nitrogens with zero attached hydrogens (tertiary/aromatic N) is 3. The van der Waals surface area contributed by atoms with E-state index in [0.717, 1.165) is 30.4 Å². The highest BCUT2D eigenvalue weighted by Gasteiger charge is 2.34. The first-order chi connectivity index (χ1) is 9.74. The van der Waals surface area contributed by atoms with Crippen LogP contribution < -0.4 is 10.6 Å². The van der Waals surface area contributed by atoms with Gasteiger partial charge >= 0.3 is 0 Å². The van der Waals surface area contributed by atoms with Crippen LogP contribution in [0.4, 0.5) is 5.95 Å². The third-order valence-electron chi connectivity index (χ3n) is 4.75. The molecule has 3 atom stereocenters. The third-order valence-corrected chi connectivity index (χ3v) is 4.75. The third kappa shape index (κ3) is 2.95. The van der Waals surface area contributed by atoms with Gasteiger partial charge in [-0.25, -0.2) is 9.97 Å². The summed E-state index contributed by atoms with van der Waals surface area (Å²) in [5, 5.41) is 0. The van der Waals surface area contributed by atoms with Crippen molar-refractivity contribution in [3.05, 3.63) is 18.0 Å². The van der Waals surface area contributed by atoms with Crippen molar-refractivity contribution in [3.8, 4) is 0 Å². The van der Waals surface area contributed by atoms with Gasteiger partial charge in [0.05, 0.1) is 0 Å². The minimum Gasteiger partial charge on any atom is -0.338 e. The fourth-order valence-electron chi connectivity index (χ4n) is 3.85. The molecule has 4 heteroatoms. The van der Waals surface area contributed by atoms with Gasteiger partial charge in [-0.3, -0.25) is 0 Å². The molecule has 20 heavy (non-hydrogen) atoms. The van der Waals surface area contributed by atoms with Gasteiger partial charge < -0.3 is 10.6 Å². The number of hydrogen-bond donors (Lipinski definition) is 1. The lowest BCUT2D eigenvalue weighted by Crippen LogP contribution is -2.47. The molecule has 1 aromatic rings. The molecular weight excluding hydrogens is 248 g/mol. The quantitative estimate of drug-likeness (QED) is 0.920. The monoisotopic (exact) mass is 274 g/mol. The molecule has 2 N–H and O–H groups in total. The Bertz CT molecular complexity index is 427. The van der Waals surface area contributed by atoms with E-state index in [1.807, 2.05) is 19.3 Å². The summed E-state index contributed by atoms with van der Waals surface area (Å²) in [7, 11) is 0. The Hall–Kier alpha value is -1.16. The zero-order valence-electron chi connectivity index (χ0n) is 12.5. The van der Waals surface area contributed by atoms with Crippen LogP contribution in [0.25, 0.3) is 0 Å². The number of rotatable bonds is 3. The molecule has 3 rings (SSSR count). The smallest absolute Gasteiger partial charge is 0.225 e. The van der Waals surface area contributed by atoms with Gasteiger partial charge in [-0.2, -0.15) is 0 Å². The lowest BCUT2D eigenvalue weighted by molar-refractivity contribution is 0.241. The second-order valence-electron chi connectivity index (χ2n) is 6.52. The maximum absolute atomic E-state index is 5.83. The summed E-state index contributed by atoms with van der Waals surface area (Å²) in [6.07, 6.45) is 12.9. The minimum absolute atomic E-state index is 0.169. The SMILES string of the molecule is CC(N)Cc1cnc(N2CCC[C@H]3CCCC[C@H]32)nc1. The molecule has 1 unspecified atom stereocenters. The van der Waals surface area contributed by atoms with Crippen LogP contribution in [0, 0.1) is 5.92 Å². The van der Waals surface area contributed by atoms with Crippen LogP contribution in [0.15, 0.2) is 12.4 Å². The van der Waals surface area contributed by atoms with Gasteiger partial charge in [0, 0.05) is 31.0 Å². The van der Waals surface area contributed by atoms with Gasteiger partial charge in [0.25, 0.3) is 0 Å². The lowest BCUT2D eigenvalue weighted by atomic mass is 9.78. The van der Waals surface area contributed by atoms with Crippen LogP contribution in [0.5, 0.6) is 0 Å². The van der Waals surface area contributed by atoms with Crippen LogP contribution in [0.2, 0.25) is 0 Å². The Kier molecular flexibility index (Phi) is 4.20. The number of hydrogen-bond acceptors (Lipinski definition) is 4. The molecule has 0 radical (unpaired) electrons. The molecule has 0 amide bonds. The molecule has 1 aliphatic carbocycles. The van der Waals surface area contributed by atoms with Gasteiger partial charge in [0.2, 0.25) is 5.95 Å². The molecule has 0 bridgehead atoms. The summed E-state index contributed by atoms with van der Waals surface area (Å²) in [5.41, 5.74) is 6.97. The van der Waals surface area contributed by atoms with Crippen molar-refractivity contribution in [2.75, 3.05) is 11.4 Å². The number of fused-ring (bicyclic) bond motifs is 1. The predicted octanol–water partition coefficient (Wildman–Crippen LogP) is 2.53. The Morgan fingerprint density at radius 1 is 1.20 bits per heavy atom. The number of aromatic nitrogens is 2. The summed E-state index contributed by atoms with van der Waals surface area (Å²) in [5.74, 6) is 1.79. The standard InChI is InChI=1S/C16H26N4/c1-12(17)9-13-10-18-16(19-11-13)20-8-4-6-14-5-2-3-7-15(14)20/h10-12,14-15H,2-9,17H2,1H3/t12?,14-,15-/m1/s1. The van der Waals surface area contributed by atoms with Crippen molar-refractivity contribution in [1.82, 2.24) is 9.97 Å². The molecule has 0 aromatic carbocycles. The van der Waals surface area contributed by atoms with Crippen LogP contribution in [-0.4, -0.2) is 28.6 Å². The van der Waals surface area contributed by atoms with Gasteiger partial charge in [-0.05, 0) is 50.5 Å². The van der Waals surface area contributed by atoms with E-state index >= 15 is 0 Å². The van der Waals surface area contributed by atoms with E-state index in [1.54, 1.807) is 0 Å². The molecule has 2 heterocycles. The average Bonchev–Trinajstić information content (AvgIpc) is 2.47. The summed E-state index contributed by atoms with van der Waals surface area (Å²) in [4.78, 5) is 11.7. The van der Waals surface area contributed by atoms with Crippen LogP contribution in [0.1, 0.15) is 51.0 Å². The Balaban J connectivity index is 1.73. The zero-order chi connectivity index (χ0) is 13.9. The Morgan fingerprint density at radius 3 is 2.65 bits per heavy atom. The van der Waals surface area contributed by atoms with E-state index in [1.165, 1.54) is 38.5 Å². The highest BCUT2D eigenvalue weighted by Crippen LogP contribution is 2.36. The van der Waals surface area contributed by atoms with Gasteiger partial charge in [-0.15, -0.1) is 0 Å². The normalized spacial score (nSPS) is 28.0. The second-order valence-corrected chi connectivity index (χ2v) is 6.52. The van der Waals surface area contributed by atoms with Gasteiger partial charge in [-0.1, -0.05) is 12.8 Å². The molecule has 0 spiro atoms. The number of piperidine rings is 1. The van der Waals surface area contributed by atoms with E-state index in [9.17, 15) is 0 Å². The second kappa shape index (κ2) is 6.08. The highest BCUT2D eigenvalue weighted by atomic mass is 15.3. The molecule has 1 saturated carbocycles. The summed E-state index contributed by atoms with van der Waals surface area (Å²) >= 11 is 0. The highest BCUT2D eigenvalue weighted by molar-refractivity contribution is 5.33. The molecule has 2 fully saturated rings. The lowest BCUT2D eigenvalue weighted by Gasteiger charge is -2.44. The Morgan fingerprint density at radius 2 is 1.90 bits per heavy atom. The van der Waals surface area contributed by atoms with Crippen molar-refractivity contribution in [1.29, 1.82) is 0 Å². The zero-order valence-corrected chi connectivity index (χ0v) is 12.5. The largest absolute Gasteiger partial charge is 0.338 e. The van der Waals surface area contributed by atoms with Crippen molar-refractivity contribution >= 4 is 5.95 Å². The first-order valence-corrected chi connectivity index (χ1v) is 8.07. The van der Waals surface area contributed by atoms with Crippen LogP contribution >= 0.6 is 0 Å². The van der Waals surface area contributed by atoms with Crippen LogP contribution in [0.3, 0.4) is 0 Å². The maximum Gasteiger partial charge on any atom is 0.225 e. The minimum atomic E-state index is 0.169. The first kappa shape index (κ1) is 13.8. The molecule has 2 aliphatic rings. The van der Waals surface area contributed by atoms with Gasteiger partial charge in [0.1, 0.15) is 0 Å². The molecule has 1 saturated heterocycles.